The van der Waals surface area contributed by atoms with Crippen LogP contribution in [0.4, 0.5) is 0 Å². The predicted molar refractivity (Wildman–Crippen MR) is 98.6 cm³/mol. The molecule has 1 amide bonds. The number of carbonyl (C=O) groups is 1. The van der Waals surface area contributed by atoms with E-state index in [1.807, 2.05) is 20.8 Å². The van der Waals surface area contributed by atoms with Crippen molar-refractivity contribution in [3.05, 3.63) is 0 Å². The van der Waals surface area contributed by atoms with Gasteiger partial charge in [0.1, 0.15) is 0 Å². The number of guanidine groups is 1. The summed E-state index contributed by atoms with van der Waals surface area (Å²) in [7, 11) is 0. The number of rotatable bonds is 11. The third kappa shape index (κ3) is 9.43. The molecule has 0 heterocycles. The molecule has 6 nitrogen and oxygen atoms in total. The van der Waals surface area contributed by atoms with Gasteiger partial charge in [0, 0.05) is 12.6 Å². The summed E-state index contributed by atoms with van der Waals surface area (Å²) in [6, 6.07) is 0.333. The zero-order valence-electron chi connectivity index (χ0n) is 15.9. The van der Waals surface area contributed by atoms with Crippen LogP contribution < -0.4 is 16.4 Å². The van der Waals surface area contributed by atoms with Crippen LogP contribution in [-0.2, 0) is 4.79 Å². The standard InChI is InChI=1S/C17H37N5O/c1-7-19-16(20-13-17(5,6)15(18)23)21-14(4)11-10-12-22(8-2)9-3/h14H,7-13H2,1-6H3,(H2,18,23)(H2,19,20,21). The minimum atomic E-state index is -0.631. The number of amides is 1. The first-order chi connectivity index (χ1) is 10.8. The van der Waals surface area contributed by atoms with Gasteiger partial charge in [0.25, 0.3) is 0 Å². The Balaban J connectivity index is 4.42. The molecule has 0 aromatic heterocycles. The number of primary amides is 1. The van der Waals surface area contributed by atoms with Gasteiger partial charge in [-0.2, -0.15) is 0 Å². The van der Waals surface area contributed by atoms with Crippen LogP contribution >= 0.6 is 0 Å². The number of nitrogens with two attached hydrogens (primary N) is 1. The lowest BCUT2D eigenvalue weighted by molar-refractivity contribution is -0.125. The van der Waals surface area contributed by atoms with Gasteiger partial charge in [0.2, 0.25) is 5.91 Å². The van der Waals surface area contributed by atoms with Gasteiger partial charge in [-0.1, -0.05) is 13.8 Å². The fourth-order valence-corrected chi connectivity index (χ4v) is 2.14. The quantitative estimate of drug-likeness (QED) is 0.397. The average Bonchev–Trinajstić information content (AvgIpc) is 2.49. The van der Waals surface area contributed by atoms with Gasteiger partial charge in [0.15, 0.2) is 5.96 Å². The summed E-state index contributed by atoms with van der Waals surface area (Å²) < 4.78 is 0. The van der Waals surface area contributed by atoms with E-state index in [4.69, 9.17) is 5.73 Å². The Bertz CT molecular complexity index is 364. The lowest BCUT2D eigenvalue weighted by Gasteiger charge is -2.22. The number of hydrogen-bond acceptors (Lipinski definition) is 3. The second-order valence-corrected chi connectivity index (χ2v) is 6.66. The Labute approximate surface area is 142 Å². The topological polar surface area (TPSA) is 82.7 Å². The molecule has 23 heavy (non-hydrogen) atoms. The number of nitrogens with one attached hydrogen (secondary N) is 2. The van der Waals surface area contributed by atoms with E-state index < -0.39 is 5.41 Å². The first-order valence-corrected chi connectivity index (χ1v) is 8.83. The van der Waals surface area contributed by atoms with Gasteiger partial charge in [-0.25, -0.2) is 0 Å². The smallest absolute Gasteiger partial charge is 0.224 e. The zero-order valence-corrected chi connectivity index (χ0v) is 15.9. The molecule has 0 aliphatic heterocycles. The molecule has 136 valence electrons. The highest BCUT2D eigenvalue weighted by Crippen LogP contribution is 2.13. The molecule has 0 spiro atoms. The van der Waals surface area contributed by atoms with Crippen molar-refractivity contribution in [1.82, 2.24) is 15.5 Å². The van der Waals surface area contributed by atoms with Gasteiger partial charge in [0.05, 0.1) is 12.0 Å². The van der Waals surface area contributed by atoms with Crippen LogP contribution in [0.1, 0.15) is 54.4 Å². The lowest BCUT2D eigenvalue weighted by Crippen LogP contribution is -2.44. The van der Waals surface area contributed by atoms with Crippen molar-refractivity contribution in [2.24, 2.45) is 16.1 Å². The molecule has 0 radical (unpaired) electrons. The molecule has 0 aliphatic carbocycles. The van der Waals surface area contributed by atoms with Crippen molar-refractivity contribution >= 4 is 11.9 Å². The van der Waals surface area contributed by atoms with Crippen LogP contribution in [0, 0.1) is 5.41 Å². The molecule has 4 N–H and O–H groups in total. The van der Waals surface area contributed by atoms with Gasteiger partial charge in [-0.15, -0.1) is 0 Å². The van der Waals surface area contributed by atoms with Crippen molar-refractivity contribution in [1.29, 1.82) is 0 Å². The molecule has 1 atom stereocenters. The van der Waals surface area contributed by atoms with E-state index in [1.54, 1.807) is 0 Å². The molecule has 6 heteroatoms. The maximum atomic E-state index is 11.4. The van der Waals surface area contributed by atoms with E-state index in [9.17, 15) is 4.79 Å². The van der Waals surface area contributed by atoms with Crippen LogP contribution in [0.15, 0.2) is 4.99 Å². The van der Waals surface area contributed by atoms with E-state index in [0.29, 0.717) is 12.6 Å². The van der Waals surface area contributed by atoms with Crippen LogP contribution in [0.5, 0.6) is 0 Å². The van der Waals surface area contributed by atoms with Crippen LogP contribution in [0.25, 0.3) is 0 Å². The molecule has 0 saturated heterocycles. The Morgan fingerprint density at radius 2 is 1.87 bits per heavy atom. The second kappa shape index (κ2) is 11.3. The first kappa shape index (κ1) is 21.7. The fourth-order valence-electron chi connectivity index (χ4n) is 2.14. The van der Waals surface area contributed by atoms with Gasteiger partial charge in [-0.05, 0) is 60.2 Å². The summed E-state index contributed by atoms with van der Waals surface area (Å²) >= 11 is 0. The molecule has 0 rings (SSSR count). The molecule has 0 bridgehead atoms. The van der Waals surface area contributed by atoms with Crippen molar-refractivity contribution in [3.8, 4) is 0 Å². The molecule has 0 aliphatic rings. The summed E-state index contributed by atoms with van der Waals surface area (Å²) in [5, 5.41) is 6.63. The van der Waals surface area contributed by atoms with Gasteiger partial charge < -0.3 is 21.3 Å². The highest BCUT2D eigenvalue weighted by Gasteiger charge is 2.24. The summed E-state index contributed by atoms with van der Waals surface area (Å²) in [6.07, 6.45) is 2.24. The Morgan fingerprint density at radius 3 is 2.35 bits per heavy atom. The third-order valence-electron chi connectivity index (χ3n) is 4.03. The van der Waals surface area contributed by atoms with E-state index >= 15 is 0 Å². The largest absolute Gasteiger partial charge is 0.369 e. The Kier molecular flexibility index (Phi) is 10.6. The average molecular weight is 328 g/mol. The van der Waals surface area contributed by atoms with Crippen molar-refractivity contribution in [3.63, 3.8) is 0 Å². The summed E-state index contributed by atoms with van der Waals surface area (Å²) in [5.74, 6) is 0.418. The second-order valence-electron chi connectivity index (χ2n) is 6.66. The predicted octanol–water partition coefficient (Wildman–Crippen LogP) is 1.56. The molecule has 0 saturated carbocycles. The highest BCUT2D eigenvalue weighted by molar-refractivity contribution is 5.82. The number of aliphatic imine (C=N–C) groups is 1. The SMILES string of the molecule is CCNC(=NCC(C)(C)C(N)=O)NC(C)CCCN(CC)CC. The molecule has 0 aromatic carbocycles. The number of carbonyl (C=O) groups excluding carboxylic acids is 1. The molecular weight excluding hydrogens is 290 g/mol. The Hall–Kier alpha value is -1.30. The zero-order chi connectivity index (χ0) is 17.9. The number of hydrogen-bond donors (Lipinski definition) is 3. The number of nitrogens with zero attached hydrogens (tertiary/aromatic N) is 2. The normalized spacial score (nSPS) is 14.0. The minimum absolute atomic E-state index is 0.329. The Morgan fingerprint density at radius 1 is 1.26 bits per heavy atom. The summed E-state index contributed by atoms with van der Waals surface area (Å²) in [6.45, 7) is 16.7. The van der Waals surface area contributed by atoms with Crippen molar-refractivity contribution in [2.45, 2.75) is 60.4 Å². The monoisotopic (exact) mass is 327 g/mol. The molecule has 1 unspecified atom stereocenters. The maximum Gasteiger partial charge on any atom is 0.224 e. The molecular formula is C17H37N5O. The maximum absolute atomic E-state index is 11.4. The summed E-state index contributed by atoms with van der Waals surface area (Å²) in [5.41, 5.74) is 4.77. The summed E-state index contributed by atoms with van der Waals surface area (Å²) in [4.78, 5) is 18.3. The highest BCUT2D eigenvalue weighted by atomic mass is 16.1. The van der Waals surface area contributed by atoms with Crippen LogP contribution in [0.3, 0.4) is 0 Å². The third-order valence-corrected chi connectivity index (χ3v) is 4.03. The van der Waals surface area contributed by atoms with Gasteiger partial charge >= 0.3 is 0 Å². The van der Waals surface area contributed by atoms with E-state index in [-0.39, 0.29) is 5.91 Å². The first-order valence-electron chi connectivity index (χ1n) is 8.83. The fraction of sp³-hybridized carbons (Fsp3) is 0.882. The van der Waals surface area contributed by atoms with E-state index in [0.717, 1.165) is 45.0 Å². The van der Waals surface area contributed by atoms with E-state index in [2.05, 4.69) is 41.3 Å². The minimum Gasteiger partial charge on any atom is -0.369 e. The van der Waals surface area contributed by atoms with E-state index in [1.165, 1.54) is 0 Å². The van der Waals surface area contributed by atoms with Gasteiger partial charge in [-0.3, -0.25) is 9.79 Å². The van der Waals surface area contributed by atoms with Crippen LogP contribution in [0.2, 0.25) is 0 Å². The molecule has 0 aromatic rings. The van der Waals surface area contributed by atoms with Crippen molar-refractivity contribution in [2.75, 3.05) is 32.7 Å². The molecule has 0 fully saturated rings. The van der Waals surface area contributed by atoms with Crippen LogP contribution in [-0.4, -0.2) is 55.5 Å². The van der Waals surface area contributed by atoms with Crippen molar-refractivity contribution < 1.29 is 4.79 Å². The lowest BCUT2D eigenvalue weighted by atomic mass is 9.93.